The normalized spacial score (nSPS) is 29.5. The zero-order valence-corrected chi connectivity index (χ0v) is 5.83. The van der Waals surface area contributed by atoms with Crippen LogP contribution in [0.5, 0.6) is 0 Å². The van der Waals surface area contributed by atoms with Crippen LogP contribution in [0.4, 0.5) is 0 Å². The Morgan fingerprint density at radius 2 is 2.50 bits per heavy atom. The molecule has 2 N–H and O–H groups in total. The van der Waals surface area contributed by atoms with E-state index in [1.807, 2.05) is 13.0 Å². The first-order valence-electron chi connectivity index (χ1n) is 3.22. The van der Waals surface area contributed by atoms with Crippen molar-refractivity contribution in [3.05, 3.63) is 12.2 Å². The van der Waals surface area contributed by atoms with Gasteiger partial charge in [0.15, 0.2) is 0 Å². The van der Waals surface area contributed by atoms with Crippen LogP contribution in [0.1, 0.15) is 13.3 Å². The summed E-state index contributed by atoms with van der Waals surface area (Å²) in [6.07, 6.45) is 4.28. The highest BCUT2D eigenvalue weighted by atomic mass is 16.4. The van der Waals surface area contributed by atoms with E-state index < -0.39 is 0 Å². The van der Waals surface area contributed by atoms with Crippen LogP contribution in [-0.4, -0.2) is 16.6 Å². The molecule has 1 aliphatic carbocycles. The third-order valence-electron chi connectivity index (χ3n) is 1.54. The lowest BCUT2D eigenvalue weighted by atomic mass is 9.95. The lowest BCUT2D eigenvalue weighted by molar-refractivity contribution is 0.318. The highest BCUT2D eigenvalue weighted by Crippen LogP contribution is 2.11. The molecular formula is C7H10N2O. The molecule has 0 fully saturated rings. The van der Waals surface area contributed by atoms with Gasteiger partial charge in [0, 0.05) is 6.42 Å². The van der Waals surface area contributed by atoms with Crippen molar-refractivity contribution in [2.45, 2.75) is 13.3 Å². The van der Waals surface area contributed by atoms with Gasteiger partial charge in [-0.1, -0.05) is 18.2 Å². The van der Waals surface area contributed by atoms with E-state index in [1.165, 1.54) is 0 Å². The molecule has 1 atom stereocenters. The smallest absolute Gasteiger partial charge is 0.105 e. The first kappa shape index (κ1) is 6.99. The third-order valence-corrected chi connectivity index (χ3v) is 1.54. The second-order valence-electron chi connectivity index (χ2n) is 2.50. The Balaban J connectivity index is 2.82. The van der Waals surface area contributed by atoms with Crippen molar-refractivity contribution in [1.29, 1.82) is 5.41 Å². The molecule has 10 heavy (non-hydrogen) atoms. The van der Waals surface area contributed by atoms with E-state index in [1.54, 1.807) is 6.08 Å². The lowest BCUT2D eigenvalue weighted by Crippen LogP contribution is -2.18. The monoisotopic (exact) mass is 138 g/mol. The lowest BCUT2D eigenvalue weighted by Gasteiger charge is -2.11. The summed E-state index contributed by atoms with van der Waals surface area (Å²) in [5.41, 5.74) is 0.801. The summed E-state index contributed by atoms with van der Waals surface area (Å²) in [6, 6.07) is 0. The largest absolute Gasteiger partial charge is 0.411 e. The standard InChI is InChI=1S/C7H10N2O/c1-5-2-3-6(8)7(4-5)9-10/h2-3,5,8,10H,4H2,1H3. The summed E-state index contributed by atoms with van der Waals surface area (Å²) in [7, 11) is 0. The molecule has 0 saturated carbocycles. The molecule has 0 amide bonds. The first-order chi connectivity index (χ1) is 4.74. The van der Waals surface area contributed by atoms with Crippen molar-refractivity contribution in [3.63, 3.8) is 0 Å². The zero-order valence-electron chi connectivity index (χ0n) is 5.83. The molecule has 1 aliphatic rings. The number of hydrogen-bond donors (Lipinski definition) is 2. The Hall–Kier alpha value is -1.12. The van der Waals surface area contributed by atoms with Crippen LogP contribution in [0.2, 0.25) is 0 Å². The van der Waals surface area contributed by atoms with Gasteiger partial charge in [-0.15, -0.1) is 0 Å². The predicted molar refractivity (Wildman–Crippen MR) is 39.9 cm³/mol. The van der Waals surface area contributed by atoms with Crippen molar-refractivity contribution < 1.29 is 5.21 Å². The fourth-order valence-electron chi connectivity index (χ4n) is 0.934. The van der Waals surface area contributed by atoms with Crippen molar-refractivity contribution in [2.24, 2.45) is 11.1 Å². The number of oxime groups is 1. The third kappa shape index (κ3) is 1.23. The Bertz CT molecular complexity index is 206. The SMILES string of the molecule is CC1C=CC(=N)C(=NO)C1. The van der Waals surface area contributed by atoms with Gasteiger partial charge in [0.05, 0.1) is 5.71 Å². The van der Waals surface area contributed by atoms with Gasteiger partial charge in [0.2, 0.25) is 0 Å². The van der Waals surface area contributed by atoms with Gasteiger partial charge >= 0.3 is 0 Å². The average molecular weight is 138 g/mol. The molecule has 0 aromatic carbocycles. The van der Waals surface area contributed by atoms with E-state index in [2.05, 4.69) is 5.16 Å². The molecule has 3 nitrogen and oxygen atoms in total. The number of hydrogen-bond acceptors (Lipinski definition) is 3. The zero-order chi connectivity index (χ0) is 7.56. The van der Waals surface area contributed by atoms with Crippen LogP contribution >= 0.6 is 0 Å². The molecule has 0 saturated heterocycles. The Labute approximate surface area is 59.6 Å². The molecule has 0 radical (unpaired) electrons. The minimum absolute atomic E-state index is 0.320. The van der Waals surface area contributed by atoms with Gasteiger partial charge in [-0.25, -0.2) is 0 Å². The highest BCUT2D eigenvalue weighted by Gasteiger charge is 2.13. The molecule has 0 spiro atoms. The quantitative estimate of drug-likeness (QED) is 0.386. The molecule has 0 aromatic heterocycles. The van der Waals surface area contributed by atoms with Crippen molar-refractivity contribution >= 4 is 11.4 Å². The van der Waals surface area contributed by atoms with E-state index in [4.69, 9.17) is 10.6 Å². The van der Waals surface area contributed by atoms with E-state index in [0.29, 0.717) is 23.8 Å². The van der Waals surface area contributed by atoms with E-state index in [9.17, 15) is 0 Å². The Morgan fingerprint density at radius 1 is 1.80 bits per heavy atom. The Kier molecular flexibility index (Phi) is 1.85. The number of nitrogens with one attached hydrogen (secondary N) is 1. The van der Waals surface area contributed by atoms with Crippen LogP contribution in [0, 0.1) is 11.3 Å². The molecule has 0 bridgehead atoms. The molecule has 1 rings (SSSR count). The van der Waals surface area contributed by atoms with E-state index >= 15 is 0 Å². The summed E-state index contributed by atoms with van der Waals surface area (Å²) >= 11 is 0. The van der Waals surface area contributed by atoms with Gasteiger partial charge in [-0.2, -0.15) is 0 Å². The van der Waals surface area contributed by atoms with Gasteiger partial charge in [-0.05, 0) is 12.0 Å². The molecule has 3 heteroatoms. The van der Waals surface area contributed by atoms with Gasteiger partial charge in [0.1, 0.15) is 5.71 Å². The maximum absolute atomic E-state index is 8.39. The van der Waals surface area contributed by atoms with Crippen molar-refractivity contribution in [2.75, 3.05) is 0 Å². The van der Waals surface area contributed by atoms with Crippen LogP contribution in [-0.2, 0) is 0 Å². The van der Waals surface area contributed by atoms with Gasteiger partial charge < -0.3 is 5.21 Å². The minimum Gasteiger partial charge on any atom is -0.411 e. The summed E-state index contributed by atoms with van der Waals surface area (Å²) < 4.78 is 0. The number of allylic oxidation sites excluding steroid dienone is 2. The maximum atomic E-state index is 8.39. The highest BCUT2D eigenvalue weighted by molar-refractivity contribution is 6.45. The van der Waals surface area contributed by atoms with Crippen LogP contribution in [0.25, 0.3) is 0 Å². The molecule has 1 unspecified atom stereocenters. The second-order valence-corrected chi connectivity index (χ2v) is 2.50. The topological polar surface area (TPSA) is 56.4 Å². The predicted octanol–water partition coefficient (Wildman–Crippen LogP) is 1.43. The van der Waals surface area contributed by atoms with E-state index in [0.717, 1.165) is 0 Å². The minimum atomic E-state index is 0.320. The van der Waals surface area contributed by atoms with Gasteiger partial charge in [0.25, 0.3) is 0 Å². The first-order valence-corrected chi connectivity index (χ1v) is 3.22. The fourth-order valence-corrected chi connectivity index (χ4v) is 0.934. The summed E-state index contributed by atoms with van der Waals surface area (Å²) in [5, 5.41) is 18.7. The molecule has 0 aromatic rings. The van der Waals surface area contributed by atoms with Crippen LogP contribution < -0.4 is 0 Å². The fraction of sp³-hybridized carbons (Fsp3) is 0.429. The van der Waals surface area contributed by atoms with Gasteiger partial charge in [-0.3, -0.25) is 5.41 Å². The Morgan fingerprint density at radius 3 is 3.00 bits per heavy atom. The average Bonchev–Trinajstić information content (AvgIpc) is 1.94. The molecule has 0 heterocycles. The number of rotatable bonds is 0. The van der Waals surface area contributed by atoms with Crippen LogP contribution in [0.15, 0.2) is 17.3 Å². The molecular weight excluding hydrogens is 128 g/mol. The van der Waals surface area contributed by atoms with Crippen molar-refractivity contribution in [3.8, 4) is 0 Å². The summed E-state index contributed by atoms with van der Waals surface area (Å²) in [4.78, 5) is 0. The van der Waals surface area contributed by atoms with Crippen LogP contribution in [0.3, 0.4) is 0 Å². The molecule has 54 valence electrons. The molecule has 0 aliphatic heterocycles. The summed E-state index contributed by atoms with van der Waals surface area (Å²) in [6.45, 7) is 2.02. The second kappa shape index (κ2) is 2.64. The summed E-state index contributed by atoms with van der Waals surface area (Å²) in [5.74, 6) is 0.389. The van der Waals surface area contributed by atoms with E-state index in [-0.39, 0.29) is 0 Å². The number of nitrogens with zero attached hydrogens (tertiary/aromatic N) is 1. The maximum Gasteiger partial charge on any atom is 0.105 e. The van der Waals surface area contributed by atoms with Crippen molar-refractivity contribution in [1.82, 2.24) is 0 Å².